The van der Waals surface area contributed by atoms with Gasteiger partial charge in [0.25, 0.3) is 5.91 Å². The molecule has 174 valence electrons. The predicted octanol–water partition coefficient (Wildman–Crippen LogP) is 4.34. The first-order chi connectivity index (χ1) is 15.7. The summed E-state index contributed by atoms with van der Waals surface area (Å²) in [6.45, 7) is 4.98. The molecular formula is C23H25F3N6O. The highest BCUT2D eigenvalue weighted by Crippen LogP contribution is 2.30. The summed E-state index contributed by atoms with van der Waals surface area (Å²) in [7, 11) is 0. The Kier molecular flexibility index (Phi) is 6.35. The number of aryl methyl sites for hydroxylation is 1. The fraction of sp³-hybridized carbons (Fsp3) is 0.391. The Labute approximate surface area is 189 Å². The summed E-state index contributed by atoms with van der Waals surface area (Å²) in [6, 6.07) is 7.74. The number of amides is 1. The number of likely N-dealkylation sites (tertiary alicyclic amines) is 1. The van der Waals surface area contributed by atoms with E-state index in [9.17, 15) is 18.0 Å². The lowest BCUT2D eigenvalue weighted by Crippen LogP contribution is -2.51. The highest BCUT2D eigenvalue weighted by atomic mass is 19.4. The number of hydrogen-bond acceptors (Lipinski definition) is 5. The van der Waals surface area contributed by atoms with Crippen LogP contribution in [-0.4, -0.2) is 49.9 Å². The SMILES string of the molecule is Cc1ccc(-n2nccn2)c(C(=O)N2CCC[C@@H](C)[C@@H]2CNc2ccc(C(F)(F)F)cn2)c1. The zero-order valence-electron chi connectivity index (χ0n) is 18.4. The van der Waals surface area contributed by atoms with E-state index in [-0.39, 0.29) is 17.9 Å². The average molecular weight is 458 g/mol. The van der Waals surface area contributed by atoms with E-state index in [2.05, 4.69) is 27.4 Å². The minimum atomic E-state index is -4.43. The van der Waals surface area contributed by atoms with E-state index in [4.69, 9.17) is 0 Å². The number of hydrogen-bond donors (Lipinski definition) is 1. The number of carbonyl (C=O) groups is 1. The van der Waals surface area contributed by atoms with Gasteiger partial charge in [-0.25, -0.2) is 4.98 Å². The van der Waals surface area contributed by atoms with Crippen LogP contribution in [0.1, 0.15) is 41.3 Å². The first-order valence-electron chi connectivity index (χ1n) is 10.8. The number of halogens is 3. The van der Waals surface area contributed by atoms with Crippen molar-refractivity contribution in [2.45, 2.75) is 38.9 Å². The highest BCUT2D eigenvalue weighted by Gasteiger charge is 2.34. The minimum absolute atomic E-state index is 0.121. The number of anilines is 1. The van der Waals surface area contributed by atoms with Crippen molar-refractivity contribution in [1.82, 2.24) is 24.9 Å². The molecular weight excluding hydrogens is 433 g/mol. The fourth-order valence-electron chi connectivity index (χ4n) is 4.18. The van der Waals surface area contributed by atoms with Crippen molar-refractivity contribution in [3.05, 3.63) is 65.6 Å². The number of rotatable bonds is 5. The smallest absolute Gasteiger partial charge is 0.368 e. The largest absolute Gasteiger partial charge is 0.417 e. The van der Waals surface area contributed by atoms with Crippen LogP contribution in [0.4, 0.5) is 19.0 Å². The molecule has 1 fully saturated rings. The Morgan fingerprint density at radius 1 is 1.18 bits per heavy atom. The van der Waals surface area contributed by atoms with Gasteiger partial charge in [0, 0.05) is 19.3 Å². The zero-order valence-corrected chi connectivity index (χ0v) is 18.4. The third kappa shape index (κ3) is 4.99. The molecule has 2 aromatic heterocycles. The third-order valence-corrected chi connectivity index (χ3v) is 5.98. The van der Waals surface area contributed by atoms with Crippen molar-refractivity contribution >= 4 is 11.7 Å². The number of aromatic nitrogens is 4. The molecule has 1 aromatic carbocycles. The third-order valence-electron chi connectivity index (χ3n) is 5.98. The second kappa shape index (κ2) is 9.21. The van der Waals surface area contributed by atoms with E-state index in [1.54, 1.807) is 12.4 Å². The Bertz CT molecular complexity index is 1100. The van der Waals surface area contributed by atoms with Crippen molar-refractivity contribution in [1.29, 1.82) is 0 Å². The normalized spacial score (nSPS) is 18.9. The molecule has 0 saturated carbocycles. The second-order valence-electron chi connectivity index (χ2n) is 8.34. The summed E-state index contributed by atoms with van der Waals surface area (Å²) in [6.07, 6.45) is 1.33. The van der Waals surface area contributed by atoms with Gasteiger partial charge in [-0.3, -0.25) is 4.79 Å². The average Bonchev–Trinajstić information content (AvgIpc) is 3.32. The Morgan fingerprint density at radius 2 is 1.94 bits per heavy atom. The molecule has 3 heterocycles. The Morgan fingerprint density at radius 3 is 2.61 bits per heavy atom. The lowest BCUT2D eigenvalue weighted by Gasteiger charge is -2.40. The van der Waals surface area contributed by atoms with Gasteiger partial charge >= 0.3 is 6.18 Å². The maximum absolute atomic E-state index is 13.7. The van der Waals surface area contributed by atoms with Gasteiger partial charge in [0.15, 0.2) is 0 Å². The van der Waals surface area contributed by atoms with Gasteiger partial charge in [-0.2, -0.15) is 28.2 Å². The minimum Gasteiger partial charge on any atom is -0.368 e. The van der Waals surface area contributed by atoms with Crippen molar-refractivity contribution in [2.24, 2.45) is 5.92 Å². The molecule has 1 amide bonds. The summed E-state index contributed by atoms with van der Waals surface area (Å²) in [4.78, 5) is 20.8. The lowest BCUT2D eigenvalue weighted by atomic mass is 9.89. The molecule has 4 rings (SSSR count). The van der Waals surface area contributed by atoms with E-state index in [1.165, 1.54) is 10.9 Å². The van der Waals surface area contributed by atoms with Gasteiger partial charge in [-0.15, -0.1) is 0 Å². The van der Waals surface area contributed by atoms with Crippen LogP contribution in [0.3, 0.4) is 0 Å². The molecule has 0 aliphatic carbocycles. The van der Waals surface area contributed by atoms with Crippen LogP contribution >= 0.6 is 0 Å². The van der Waals surface area contributed by atoms with Crippen LogP contribution < -0.4 is 5.32 Å². The maximum Gasteiger partial charge on any atom is 0.417 e. The molecule has 0 bridgehead atoms. The highest BCUT2D eigenvalue weighted by molar-refractivity contribution is 5.98. The summed E-state index contributed by atoms with van der Waals surface area (Å²) >= 11 is 0. The van der Waals surface area contributed by atoms with E-state index in [1.807, 2.05) is 30.0 Å². The van der Waals surface area contributed by atoms with Crippen molar-refractivity contribution in [3.8, 4) is 5.69 Å². The molecule has 1 aliphatic rings. The molecule has 33 heavy (non-hydrogen) atoms. The number of pyridine rings is 1. The molecule has 0 spiro atoms. The first kappa shape index (κ1) is 22.8. The molecule has 1 N–H and O–H groups in total. The zero-order chi connectivity index (χ0) is 23.6. The van der Waals surface area contributed by atoms with E-state index >= 15 is 0 Å². The van der Waals surface area contributed by atoms with Gasteiger partial charge in [0.2, 0.25) is 0 Å². The van der Waals surface area contributed by atoms with Crippen LogP contribution in [-0.2, 0) is 6.18 Å². The quantitative estimate of drug-likeness (QED) is 0.616. The summed E-state index contributed by atoms with van der Waals surface area (Å²) in [5, 5.41) is 11.5. The molecule has 0 unspecified atom stereocenters. The van der Waals surface area contributed by atoms with Crippen molar-refractivity contribution < 1.29 is 18.0 Å². The fourth-order valence-corrected chi connectivity index (χ4v) is 4.18. The van der Waals surface area contributed by atoms with Crippen LogP contribution in [0.15, 0.2) is 48.9 Å². The van der Waals surface area contributed by atoms with Gasteiger partial charge in [-0.1, -0.05) is 18.6 Å². The van der Waals surface area contributed by atoms with Gasteiger partial charge < -0.3 is 10.2 Å². The molecule has 2 atom stereocenters. The van der Waals surface area contributed by atoms with Gasteiger partial charge in [0.1, 0.15) is 5.82 Å². The predicted molar refractivity (Wildman–Crippen MR) is 117 cm³/mol. The lowest BCUT2D eigenvalue weighted by molar-refractivity contribution is -0.137. The molecule has 0 radical (unpaired) electrons. The number of benzene rings is 1. The number of nitrogens with zero attached hydrogens (tertiary/aromatic N) is 5. The molecule has 1 aliphatic heterocycles. The van der Waals surface area contributed by atoms with Crippen molar-refractivity contribution in [2.75, 3.05) is 18.4 Å². The number of piperidine rings is 1. The Hall–Kier alpha value is -3.43. The number of alkyl halides is 3. The topological polar surface area (TPSA) is 75.9 Å². The summed E-state index contributed by atoms with van der Waals surface area (Å²) in [5.41, 5.74) is 1.26. The van der Waals surface area contributed by atoms with E-state index in [0.717, 1.165) is 30.7 Å². The Balaban J connectivity index is 1.55. The van der Waals surface area contributed by atoms with Gasteiger partial charge in [-0.05, 0) is 49.9 Å². The first-order valence-corrected chi connectivity index (χ1v) is 10.8. The molecule has 3 aromatic rings. The summed E-state index contributed by atoms with van der Waals surface area (Å²) in [5.74, 6) is 0.427. The van der Waals surface area contributed by atoms with E-state index < -0.39 is 11.7 Å². The van der Waals surface area contributed by atoms with Crippen LogP contribution in [0.5, 0.6) is 0 Å². The van der Waals surface area contributed by atoms with Crippen LogP contribution in [0.25, 0.3) is 5.69 Å². The maximum atomic E-state index is 13.7. The standard InChI is InChI=1S/C23H25F3N6O/c1-15-5-7-19(32-29-9-10-30-32)18(12-15)22(33)31-11-3-4-16(2)20(31)14-28-21-8-6-17(13-27-21)23(24,25)26/h5-10,12-13,16,20H,3-4,11,14H2,1-2H3,(H,27,28)/t16-,20+/m1/s1. The molecule has 7 nitrogen and oxygen atoms in total. The summed E-state index contributed by atoms with van der Waals surface area (Å²) < 4.78 is 38.4. The van der Waals surface area contributed by atoms with Gasteiger partial charge in [0.05, 0.1) is 35.2 Å². The number of nitrogens with one attached hydrogen (secondary N) is 1. The molecule has 1 saturated heterocycles. The molecule has 10 heteroatoms. The monoisotopic (exact) mass is 458 g/mol. The van der Waals surface area contributed by atoms with Crippen molar-refractivity contribution in [3.63, 3.8) is 0 Å². The van der Waals surface area contributed by atoms with Crippen LogP contribution in [0, 0.1) is 12.8 Å². The van der Waals surface area contributed by atoms with Crippen LogP contribution in [0.2, 0.25) is 0 Å². The number of carbonyl (C=O) groups excluding carboxylic acids is 1. The van der Waals surface area contributed by atoms with E-state index in [0.29, 0.717) is 30.2 Å². The second-order valence-corrected chi connectivity index (χ2v) is 8.34.